The molecule has 0 unspecified atom stereocenters. The molecule has 0 saturated carbocycles. The summed E-state index contributed by atoms with van der Waals surface area (Å²) in [6, 6.07) is 9.58. The molecule has 0 amide bonds. The standard InChI is InChI=1S/C15H9N9O2/c25-24(26)11-7-17-20-12(11)13-19-15-10-6-18-23(9-4-2-1-3-5-9)14(10)16-8-22(15)21-13/h1-8H,(H,17,20). The summed E-state index contributed by atoms with van der Waals surface area (Å²) in [6.45, 7) is 0. The van der Waals surface area contributed by atoms with Gasteiger partial charge in [-0.25, -0.2) is 19.2 Å². The van der Waals surface area contributed by atoms with Crippen LogP contribution < -0.4 is 0 Å². The number of nitrogens with zero attached hydrogens (tertiary/aromatic N) is 8. The molecule has 4 aromatic heterocycles. The van der Waals surface area contributed by atoms with Crippen molar-refractivity contribution in [2.75, 3.05) is 0 Å². The molecule has 0 spiro atoms. The molecule has 1 N–H and O–H groups in total. The number of nitro groups is 1. The van der Waals surface area contributed by atoms with Crippen LogP contribution in [0, 0.1) is 10.1 Å². The molecule has 5 aromatic rings. The van der Waals surface area contributed by atoms with Crippen molar-refractivity contribution in [2.45, 2.75) is 0 Å². The molecule has 0 atom stereocenters. The van der Waals surface area contributed by atoms with E-state index in [4.69, 9.17) is 0 Å². The first-order valence-electron chi connectivity index (χ1n) is 7.55. The van der Waals surface area contributed by atoms with Crippen LogP contribution in [-0.4, -0.2) is 44.5 Å². The van der Waals surface area contributed by atoms with Crippen LogP contribution in [0.2, 0.25) is 0 Å². The zero-order chi connectivity index (χ0) is 17.7. The summed E-state index contributed by atoms with van der Waals surface area (Å²) in [7, 11) is 0. The number of rotatable bonds is 3. The molecule has 4 heterocycles. The van der Waals surface area contributed by atoms with Gasteiger partial charge in [-0.05, 0) is 12.1 Å². The fraction of sp³-hybridized carbons (Fsp3) is 0. The number of nitrogens with one attached hydrogen (secondary N) is 1. The van der Waals surface area contributed by atoms with Gasteiger partial charge in [0.15, 0.2) is 17.0 Å². The van der Waals surface area contributed by atoms with Gasteiger partial charge in [0.05, 0.1) is 22.2 Å². The average molecular weight is 347 g/mol. The van der Waals surface area contributed by atoms with Gasteiger partial charge in [-0.1, -0.05) is 18.2 Å². The monoisotopic (exact) mass is 347 g/mol. The third-order valence-electron chi connectivity index (χ3n) is 3.95. The highest BCUT2D eigenvalue weighted by Gasteiger charge is 2.23. The Kier molecular flexibility index (Phi) is 2.83. The number of hydrogen-bond donors (Lipinski definition) is 1. The highest BCUT2D eigenvalue weighted by molar-refractivity contribution is 5.90. The maximum absolute atomic E-state index is 11.1. The molecule has 0 radical (unpaired) electrons. The Morgan fingerprint density at radius 1 is 1.12 bits per heavy atom. The van der Waals surface area contributed by atoms with Crippen LogP contribution in [-0.2, 0) is 0 Å². The second kappa shape index (κ2) is 5.17. The van der Waals surface area contributed by atoms with Crippen LogP contribution in [0.3, 0.4) is 0 Å². The molecule has 1 aromatic carbocycles. The van der Waals surface area contributed by atoms with Crippen molar-refractivity contribution in [3.8, 4) is 17.2 Å². The molecule has 0 saturated heterocycles. The van der Waals surface area contributed by atoms with Crippen molar-refractivity contribution in [3.63, 3.8) is 0 Å². The number of aromatic amines is 1. The Hall–Kier alpha value is -4.15. The van der Waals surface area contributed by atoms with Crippen molar-refractivity contribution in [2.24, 2.45) is 0 Å². The number of hydrogen-bond acceptors (Lipinski definition) is 7. The number of aromatic nitrogens is 8. The summed E-state index contributed by atoms with van der Waals surface area (Å²) in [6.07, 6.45) is 4.27. The SMILES string of the molecule is O=[N+]([O-])c1cn[nH]c1-c1nc2c3cnn(-c4ccccc4)c3ncn2n1. The topological polar surface area (TPSA) is 133 Å². The quantitative estimate of drug-likeness (QED) is 0.388. The Balaban J connectivity index is 1.72. The van der Waals surface area contributed by atoms with Gasteiger partial charge < -0.3 is 0 Å². The molecule has 5 rings (SSSR count). The molecule has 0 aliphatic carbocycles. The number of fused-ring (bicyclic) bond motifs is 3. The minimum Gasteiger partial charge on any atom is -0.268 e. The lowest BCUT2D eigenvalue weighted by Gasteiger charge is -2.01. The van der Waals surface area contributed by atoms with Crippen molar-refractivity contribution >= 4 is 22.4 Å². The van der Waals surface area contributed by atoms with Crippen LogP contribution in [0.5, 0.6) is 0 Å². The molecular weight excluding hydrogens is 338 g/mol. The fourth-order valence-electron chi connectivity index (χ4n) is 2.77. The van der Waals surface area contributed by atoms with Crippen LogP contribution in [0.4, 0.5) is 5.69 Å². The van der Waals surface area contributed by atoms with Gasteiger partial charge in [-0.15, -0.1) is 5.10 Å². The minimum atomic E-state index is -0.536. The third-order valence-corrected chi connectivity index (χ3v) is 3.95. The van der Waals surface area contributed by atoms with Crippen molar-refractivity contribution in [3.05, 3.63) is 59.2 Å². The highest BCUT2D eigenvalue weighted by Crippen LogP contribution is 2.26. The van der Waals surface area contributed by atoms with Crippen molar-refractivity contribution < 1.29 is 4.92 Å². The summed E-state index contributed by atoms with van der Waals surface area (Å²) in [5.74, 6) is 0.163. The minimum absolute atomic E-state index is 0.141. The maximum atomic E-state index is 11.1. The molecule has 0 aliphatic rings. The van der Waals surface area contributed by atoms with Gasteiger partial charge in [-0.3, -0.25) is 15.2 Å². The van der Waals surface area contributed by atoms with E-state index in [9.17, 15) is 10.1 Å². The molecule has 11 nitrogen and oxygen atoms in total. The van der Waals surface area contributed by atoms with E-state index in [1.807, 2.05) is 30.3 Å². The Bertz CT molecular complexity index is 1270. The smallest absolute Gasteiger partial charge is 0.268 e. The number of benzene rings is 1. The van der Waals surface area contributed by atoms with Crippen LogP contribution >= 0.6 is 0 Å². The third kappa shape index (κ3) is 1.97. The lowest BCUT2D eigenvalue weighted by atomic mass is 10.3. The molecule has 26 heavy (non-hydrogen) atoms. The first-order chi connectivity index (χ1) is 12.7. The summed E-state index contributed by atoms with van der Waals surface area (Å²) in [4.78, 5) is 19.4. The molecule has 0 aliphatic heterocycles. The van der Waals surface area contributed by atoms with Gasteiger partial charge in [0, 0.05) is 0 Å². The van der Waals surface area contributed by atoms with E-state index in [-0.39, 0.29) is 17.2 Å². The summed E-state index contributed by atoms with van der Waals surface area (Å²) >= 11 is 0. The van der Waals surface area contributed by atoms with Crippen LogP contribution in [0.1, 0.15) is 0 Å². The zero-order valence-electron chi connectivity index (χ0n) is 13.0. The first-order valence-corrected chi connectivity index (χ1v) is 7.55. The van der Waals surface area contributed by atoms with E-state index in [0.717, 1.165) is 11.9 Å². The van der Waals surface area contributed by atoms with Crippen molar-refractivity contribution in [1.29, 1.82) is 0 Å². The van der Waals surface area contributed by atoms with E-state index < -0.39 is 4.92 Å². The Morgan fingerprint density at radius 3 is 2.77 bits per heavy atom. The predicted molar refractivity (Wildman–Crippen MR) is 89.6 cm³/mol. The maximum Gasteiger partial charge on any atom is 0.318 e. The molecular formula is C15H9N9O2. The summed E-state index contributed by atoms with van der Waals surface area (Å²) in [5.41, 5.74) is 1.92. The summed E-state index contributed by atoms with van der Waals surface area (Å²) in [5, 5.41) is 26.7. The highest BCUT2D eigenvalue weighted by atomic mass is 16.6. The second-order valence-corrected chi connectivity index (χ2v) is 5.46. The van der Waals surface area contributed by atoms with E-state index in [0.29, 0.717) is 16.7 Å². The largest absolute Gasteiger partial charge is 0.318 e. The normalized spacial score (nSPS) is 11.4. The van der Waals surface area contributed by atoms with E-state index in [2.05, 4.69) is 30.4 Å². The van der Waals surface area contributed by atoms with Crippen LogP contribution in [0.15, 0.2) is 49.1 Å². The summed E-state index contributed by atoms with van der Waals surface area (Å²) < 4.78 is 3.15. The molecule has 0 bridgehead atoms. The number of H-pyrrole nitrogens is 1. The zero-order valence-corrected chi connectivity index (χ0v) is 13.0. The van der Waals surface area contributed by atoms with Crippen LogP contribution in [0.25, 0.3) is 33.9 Å². The molecule has 0 fully saturated rings. The fourth-order valence-corrected chi connectivity index (χ4v) is 2.77. The van der Waals surface area contributed by atoms with Gasteiger partial charge in [0.25, 0.3) is 0 Å². The molecule has 126 valence electrons. The van der Waals surface area contributed by atoms with Gasteiger partial charge in [0.1, 0.15) is 12.5 Å². The van der Waals surface area contributed by atoms with Gasteiger partial charge in [0.2, 0.25) is 5.82 Å². The molecule has 11 heteroatoms. The van der Waals surface area contributed by atoms with E-state index in [1.165, 1.54) is 10.8 Å². The van der Waals surface area contributed by atoms with Gasteiger partial charge >= 0.3 is 5.69 Å². The van der Waals surface area contributed by atoms with Crippen molar-refractivity contribution in [1.82, 2.24) is 39.6 Å². The lowest BCUT2D eigenvalue weighted by molar-refractivity contribution is -0.384. The predicted octanol–water partition coefficient (Wildman–Crippen LogP) is 1.76. The van der Waals surface area contributed by atoms with Gasteiger partial charge in [-0.2, -0.15) is 10.2 Å². The first kappa shape index (κ1) is 14.2. The van der Waals surface area contributed by atoms with E-state index in [1.54, 1.807) is 10.9 Å². The number of para-hydroxylation sites is 1. The Morgan fingerprint density at radius 2 is 1.96 bits per heavy atom. The lowest BCUT2D eigenvalue weighted by Crippen LogP contribution is -1.98. The average Bonchev–Trinajstić information content (AvgIpc) is 3.38. The van der Waals surface area contributed by atoms with E-state index >= 15 is 0 Å². The second-order valence-electron chi connectivity index (χ2n) is 5.46. The Labute approximate surface area is 144 Å².